The molecule has 1 aliphatic carbocycles. The van der Waals surface area contributed by atoms with E-state index in [-0.39, 0.29) is 0 Å². The molecule has 0 radical (unpaired) electrons. The summed E-state index contributed by atoms with van der Waals surface area (Å²) in [6, 6.07) is 0. The van der Waals surface area contributed by atoms with E-state index in [4.69, 9.17) is 0 Å². The first-order valence-corrected chi connectivity index (χ1v) is 6.46. The molecule has 0 heterocycles. The molecule has 1 rings (SSSR count). The Kier molecular flexibility index (Phi) is 5.81. The molecule has 0 unspecified atom stereocenters. The van der Waals surface area contributed by atoms with Crippen molar-refractivity contribution >= 4 is 0 Å². The summed E-state index contributed by atoms with van der Waals surface area (Å²) in [6.07, 6.45) is 16.1. The average Bonchev–Trinajstić information content (AvgIpc) is 2.41. The summed E-state index contributed by atoms with van der Waals surface area (Å²) in [6.45, 7) is 17.8. The normalized spacial score (nSPS) is 15.2. The lowest BCUT2D eigenvalue weighted by Gasteiger charge is -2.11. The fourth-order valence-electron chi connectivity index (χ4n) is 1.82. The van der Waals surface area contributed by atoms with Crippen molar-refractivity contribution in [3.05, 3.63) is 96.7 Å². The molecule has 0 aliphatic heterocycles. The SMILES string of the molecule is C=C/C=C\C(=C)C(=C)/C=C\C(=C)C1=CC(C)=CCC1. The van der Waals surface area contributed by atoms with Gasteiger partial charge < -0.3 is 0 Å². The minimum atomic E-state index is 0.887. The summed E-state index contributed by atoms with van der Waals surface area (Å²) in [4.78, 5) is 0. The van der Waals surface area contributed by atoms with Gasteiger partial charge in [0.25, 0.3) is 0 Å². The van der Waals surface area contributed by atoms with Gasteiger partial charge in [-0.3, -0.25) is 0 Å². The first-order chi connectivity index (χ1) is 9.04. The van der Waals surface area contributed by atoms with Crippen LogP contribution in [0.3, 0.4) is 0 Å². The third-order valence-corrected chi connectivity index (χ3v) is 3.03. The van der Waals surface area contributed by atoms with Crippen LogP contribution in [0.4, 0.5) is 0 Å². The van der Waals surface area contributed by atoms with E-state index in [9.17, 15) is 0 Å². The summed E-state index contributed by atoms with van der Waals surface area (Å²) < 4.78 is 0. The standard InChI is InChI=1S/C19H22/c1-6-7-10-16(3)17(4)12-13-18(5)19-11-8-9-15(2)14-19/h6-7,9-10,12-14H,1,3-5,8,11H2,2H3/b10-7-,13-12-. The first-order valence-electron chi connectivity index (χ1n) is 6.46. The Morgan fingerprint density at radius 2 is 1.79 bits per heavy atom. The molecule has 0 saturated carbocycles. The highest BCUT2D eigenvalue weighted by Crippen LogP contribution is 2.23. The van der Waals surface area contributed by atoms with E-state index in [0.717, 1.165) is 29.6 Å². The van der Waals surface area contributed by atoms with Crippen molar-refractivity contribution in [2.75, 3.05) is 0 Å². The second kappa shape index (κ2) is 7.38. The Labute approximate surface area is 117 Å². The average molecular weight is 250 g/mol. The molecule has 0 amide bonds. The van der Waals surface area contributed by atoms with Gasteiger partial charge in [-0.15, -0.1) is 0 Å². The van der Waals surface area contributed by atoms with Crippen molar-refractivity contribution in [3.8, 4) is 0 Å². The molecule has 0 nitrogen and oxygen atoms in total. The summed E-state index contributed by atoms with van der Waals surface area (Å²) in [7, 11) is 0. The van der Waals surface area contributed by atoms with Crippen molar-refractivity contribution in [2.24, 2.45) is 0 Å². The van der Waals surface area contributed by atoms with E-state index in [0.29, 0.717) is 0 Å². The molecule has 0 saturated heterocycles. The molecule has 19 heavy (non-hydrogen) atoms. The number of hydrogen-bond acceptors (Lipinski definition) is 0. The van der Waals surface area contributed by atoms with Crippen molar-refractivity contribution < 1.29 is 0 Å². The van der Waals surface area contributed by atoms with Crippen LogP contribution in [-0.2, 0) is 0 Å². The predicted molar refractivity (Wildman–Crippen MR) is 87.0 cm³/mol. The number of hydrogen-bond donors (Lipinski definition) is 0. The summed E-state index contributed by atoms with van der Waals surface area (Å²) >= 11 is 0. The van der Waals surface area contributed by atoms with Gasteiger partial charge in [-0.25, -0.2) is 0 Å². The molecule has 1 aliphatic rings. The van der Waals surface area contributed by atoms with Crippen LogP contribution < -0.4 is 0 Å². The van der Waals surface area contributed by atoms with Gasteiger partial charge in [0.2, 0.25) is 0 Å². The Hall–Kier alpha value is -2.08. The van der Waals surface area contributed by atoms with Gasteiger partial charge >= 0.3 is 0 Å². The highest BCUT2D eigenvalue weighted by atomic mass is 14.1. The summed E-state index contributed by atoms with van der Waals surface area (Å²) in [5.74, 6) is 0. The highest BCUT2D eigenvalue weighted by Gasteiger charge is 2.04. The molecule has 0 aromatic carbocycles. The molecule has 0 aromatic heterocycles. The highest BCUT2D eigenvalue weighted by molar-refractivity contribution is 5.49. The van der Waals surface area contributed by atoms with Crippen LogP contribution in [-0.4, -0.2) is 0 Å². The molecule has 0 bridgehead atoms. The number of rotatable bonds is 6. The number of allylic oxidation sites excluding steroid dienone is 12. The zero-order valence-electron chi connectivity index (χ0n) is 11.8. The zero-order chi connectivity index (χ0) is 14.3. The van der Waals surface area contributed by atoms with Crippen molar-refractivity contribution in [2.45, 2.75) is 19.8 Å². The van der Waals surface area contributed by atoms with Crippen LogP contribution in [0.5, 0.6) is 0 Å². The zero-order valence-corrected chi connectivity index (χ0v) is 11.8. The lowest BCUT2D eigenvalue weighted by Crippen LogP contribution is -1.92. The Bertz CT molecular complexity index is 516. The maximum Gasteiger partial charge on any atom is -0.0238 e. The van der Waals surface area contributed by atoms with Crippen molar-refractivity contribution in [1.82, 2.24) is 0 Å². The van der Waals surface area contributed by atoms with Crippen LogP contribution >= 0.6 is 0 Å². The van der Waals surface area contributed by atoms with E-state index >= 15 is 0 Å². The van der Waals surface area contributed by atoms with E-state index in [1.165, 1.54) is 11.1 Å². The fourth-order valence-corrected chi connectivity index (χ4v) is 1.82. The van der Waals surface area contributed by atoms with Gasteiger partial charge in [-0.2, -0.15) is 0 Å². The third-order valence-electron chi connectivity index (χ3n) is 3.03. The monoisotopic (exact) mass is 250 g/mol. The largest absolute Gasteiger partial charge is 0.0991 e. The second-order valence-corrected chi connectivity index (χ2v) is 4.66. The molecular weight excluding hydrogens is 228 g/mol. The van der Waals surface area contributed by atoms with Gasteiger partial charge in [0, 0.05) is 0 Å². The van der Waals surface area contributed by atoms with Gasteiger partial charge in [0.1, 0.15) is 0 Å². The molecule has 0 fully saturated rings. The maximum absolute atomic E-state index is 4.12. The molecule has 98 valence electrons. The van der Waals surface area contributed by atoms with E-state index in [1.54, 1.807) is 6.08 Å². The minimum absolute atomic E-state index is 0.887. The lowest BCUT2D eigenvalue weighted by atomic mass is 9.94. The lowest BCUT2D eigenvalue weighted by molar-refractivity contribution is 0.962. The van der Waals surface area contributed by atoms with E-state index < -0.39 is 0 Å². The van der Waals surface area contributed by atoms with Crippen LogP contribution in [0, 0.1) is 0 Å². The van der Waals surface area contributed by atoms with E-state index in [2.05, 4.69) is 45.4 Å². The van der Waals surface area contributed by atoms with Crippen LogP contribution in [0.1, 0.15) is 19.8 Å². The van der Waals surface area contributed by atoms with Crippen LogP contribution in [0.2, 0.25) is 0 Å². The molecular formula is C19H22. The topological polar surface area (TPSA) is 0 Å². The van der Waals surface area contributed by atoms with Crippen molar-refractivity contribution in [1.29, 1.82) is 0 Å². The smallest absolute Gasteiger partial charge is 0.0238 e. The molecule has 0 heteroatoms. The van der Waals surface area contributed by atoms with Crippen molar-refractivity contribution in [3.63, 3.8) is 0 Å². The fraction of sp³-hybridized carbons (Fsp3) is 0.158. The van der Waals surface area contributed by atoms with E-state index in [1.807, 2.05) is 24.3 Å². The summed E-state index contributed by atoms with van der Waals surface area (Å²) in [5.41, 5.74) is 5.44. The molecule has 0 spiro atoms. The summed E-state index contributed by atoms with van der Waals surface area (Å²) in [5, 5.41) is 0. The predicted octanol–water partition coefficient (Wildman–Crippen LogP) is 5.62. The Morgan fingerprint density at radius 3 is 2.42 bits per heavy atom. The first kappa shape index (κ1) is 15.0. The van der Waals surface area contributed by atoms with Gasteiger partial charge in [0.15, 0.2) is 0 Å². The molecule has 0 aromatic rings. The Morgan fingerprint density at radius 1 is 1.11 bits per heavy atom. The van der Waals surface area contributed by atoms with Gasteiger partial charge in [-0.1, -0.05) is 74.4 Å². The maximum atomic E-state index is 4.12. The minimum Gasteiger partial charge on any atom is -0.0991 e. The van der Waals surface area contributed by atoms with Gasteiger partial charge in [-0.05, 0) is 42.1 Å². The quantitative estimate of drug-likeness (QED) is 0.537. The second-order valence-electron chi connectivity index (χ2n) is 4.66. The molecule has 0 N–H and O–H groups in total. The van der Waals surface area contributed by atoms with Gasteiger partial charge in [0.05, 0.1) is 0 Å². The van der Waals surface area contributed by atoms with Crippen LogP contribution in [0.25, 0.3) is 0 Å². The Balaban J connectivity index is 2.66. The third kappa shape index (κ3) is 4.97. The van der Waals surface area contributed by atoms with Crippen LogP contribution in [0.15, 0.2) is 96.7 Å². The molecule has 0 atom stereocenters.